The summed E-state index contributed by atoms with van der Waals surface area (Å²) in [6, 6.07) is 4.90. The molecule has 1 aromatic heterocycles. The first-order valence-corrected chi connectivity index (χ1v) is 9.61. The molecule has 150 valence electrons. The fourth-order valence-electron chi connectivity index (χ4n) is 3.54. The van der Waals surface area contributed by atoms with Crippen LogP contribution in [0.2, 0.25) is 0 Å². The molecule has 1 aliphatic heterocycles. The average Bonchev–Trinajstić information content (AvgIpc) is 3.40. The molecule has 1 fully saturated rings. The molecule has 6 nitrogen and oxygen atoms in total. The van der Waals surface area contributed by atoms with Crippen molar-refractivity contribution in [3.63, 3.8) is 0 Å². The minimum atomic E-state index is -0.871. The number of nitrogens with zero attached hydrogens (tertiary/aromatic N) is 3. The molecule has 2 aliphatic rings. The largest absolute Gasteiger partial charge is 0.496 e. The van der Waals surface area contributed by atoms with Gasteiger partial charge in [0.1, 0.15) is 5.75 Å². The van der Waals surface area contributed by atoms with Gasteiger partial charge in [-0.15, -0.1) is 0 Å². The molecule has 0 radical (unpaired) electrons. The van der Waals surface area contributed by atoms with Crippen LogP contribution in [0.3, 0.4) is 0 Å². The van der Waals surface area contributed by atoms with Gasteiger partial charge in [0.2, 0.25) is 5.91 Å². The van der Waals surface area contributed by atoms with Crippen LogP contribution in [0.5, 0.6) is 5.75 Å². The molecule has 1 aliphatic carbocycles. The van der Waals surface area contributed by atoms with Crippen LogP contribution < -0.4 is 10.1 Å². The highest BCUT2D eigenvalue weighted by Gasteiger charge is 2.24. The highest BCUT2D eigenvalue weighted by molar-refractivity contribution is 5.76. The lowest BCUT2D eigenvalue weighted by Crippen LogP contribution is -2.33. The summed E-state index contributed by atoms with van der Waals surface area (Å²) < 4.78 is 35.0. The van der Waals surface area contributed by atoms with Gasteiger partial charge in [0.25, 0.3) is 0 Å². The summed E-state index contributed by atoms with van der Waals surface area (Å²) in [5, 5.41) is 7.56. The lowest BCUT2D eigenvalue weighted by Gasteiger charge is -2.28. The number of carbonyl (C=O) groups is 1. The van der Waals surface area contributed by atoms with Crippen molar-refractivity contribution >= 4 is 5.91 Å². The van der Waals surface area contributed by atoms with Crippen LogP contribution in [0, 0.1) is 11.6 Å². The van der Waals surface area contributed by atoms with E-state index < -0.39 is 11.6 Å². The number of rotatable bonds is 7. The van der Waals surface area contributed by atoms with Crippen LogP contribution in [0.15, 0.2) is 18.2 Å². The van der Waals surface area contributed by atoms with Crippen LogP contribution in [-0.2, 0) is 30.8 Å². The molecule has 1 aromatic carbocycles. The van der Waals surface area contributed by atoms with Gasteiger partial charge in [0.05, 0.1) is 25.0 Å². The van der Waals surface area contributed by atoms with E-state index in [1.807, 2.05) is 15.6 Å². The van der Waals surface area contributed by atoms with Crippen molar-refractivity contribution in [1.29, 1.82) is 0 Å². The zero-order valence-corrected chi connectivity index (χ0v) is 15.9. The van der Waals surface area contributed by atoms with Crippen LogP contribution in [0.1, 0.15) is 36.2 Å². The topological polar surface area (TPSA) is 59.4 Å². The van der Waals surface area contributed by atoms with E-state index in [0.717, 1.165) is 30.3 Å². The lowest BCUT2D eigenvalue weighted by atomic mass is 10.1. The molecule has 0 bridgehead atoms. The zero-order chi connectivity index (χ0) is 19.7. The summed E-state index contributed by atoms with van der Waals surface area (Å²) in [5.41, 5.74) is 2.13. The van der Waals surface area contributed by atoms with Gasteiger partial charge in [-0.25, -0.2) is 8.78 Å². The number of ether oxygens (including phenoxy) is 1. The first-order valence-electron chi connectivity index (χ1n) is 9.61. The smallest absolute Gasteiger partial charge is 0.220 e. The quantitative estimate of drug-likeness (QED) is 0.789. The summed E-state index contributed by atoms with van der Waals surface area (Å²) in [6.07, 6.45) is 3.20. The van der Waals surface area contributed by atoms with Gasteiger partial charge in [0, 0.05) is 44.1 Å². The average molecular weight is 390 g/mol. The molecule has 2 heterocycles. The third kappa shape index (κ3) is 4.16. The molecule has 0 atom stereocenters. The number of halogens is 2. The molecule has 0 saturated heterocycles. The standard InChI is InChI=1S/C20H24F2N4O2/c1-28-18-6-5-17(21)20(22)16(18)12-25-8-9-26-15(11-25)10-14(24-26)4-7-19(27)23-13-2-3-13/h5-6,10,13H,2-4,7-9,11-12H2,1H3,(H,23,27). The summed E-state index contributed by atoms with van der Waals surface area (Å²) in [5.74, 6) is -1.31. The van der Waals surface area contributed by atoms with Crippen molar-refractivity contribution in [2.75, 3.05) is 13.7 Å². The van der Waals surface area contributed by atoms with Crippen molar-refractivity contribution in [1.82, 2.24) is 20.0 Å². The summed E-state index contributed by atoms with van der Waals surface area (Å²) >= 11 is 0. The highest BCUT2D eigenvalue weighted by atomic mass is 19.2. The Hall–Kier alpha value is -2.48. The number of amides is 1. The SMILES string of the molecule is COc1ccc(F)c(F)c1CN1CCn2nc(CCC(=O)NC3CC3)cc2C1. The van der Waals surface area contributed by atoms with E-state index in [4.69, 9.17) is 4.74 Å². The van der Waals surface area contributed by atoms with E-state index in [2.05, 4.69) is 10.4 Å². The Bertz CT molecular complexity index is 879. The molecule has 0 unspecified atom stereocenters. The Labute approximate surface area is 162 Å². The number of fused-ring (bicyclic) bond motifs is 1. The van der Waals surface area contributed by atoms with Gasteiger partial charge in [-0.3, -0.25) is 14.4 Å². The Balaban J connectivity index is 1.39. The summed E-state index contributed by atoms with van der Waals surface area (Å²) in [7, 11) is 1.45. The summed E-state index contributed by atoms with van der Waals surface area (Å²) in [4.78, 5) is 13.9. The maximum absolute atomic E-state index is 14.2. The Morgan fingerprint density at radius 1 is 1.32 bits per heavy atom. The molecule has 1 amide bonds. The highest BCUT2D eigenvalue weighted by Crippen LogP contribution is 2.27. The Morgan fingerprint density at radius 2 is 2.14 bits per heavy atom. The third-order valence-electron chi connectivity index (χ3n) is 5.23. The van der Waals surface area contributed by atoms with E-state index in [-0.39, 0.29) is 18.0 Å². The Morgan fingerprint density at radius 3 is 2.89 bits per heavy atom. The number of hydrogen-bond acceptors (Lipinski definition) is 4. The molecule has 28 heavy (non-hydrogen) atoms. The molecular weight excluding hydrogens is 366 g/mol. The first-order chi connectivity index (χ1) is 13.5. The minimum Gasteiger partial charge on any atom is -0.496 e. The zero-order valence-electron chi connectivity index (χ0n) is 15.9. The molecular formula is C20H24F2N4O2. The second-order valence-electron chi connectivity index (χ2n) is 7.44. The van der Waals surface area contributed by atoms with Gasteiger partial charge in [0.15, 0.2) is 11.6 Å². The van der Waals surface area contributed by atoms with Crippen molar-refractivity contribution < 1.29 is 18.3 Å². The lowest BCUT2D eigenvalue weighted by molar-refractivity contribution is -0.121. The Kier molecular flexibility index (Phi) is 5.30. The number of aryl methyl sites for hydroxylation is 1. The number of methoxy groups -OCH3 is 1. The monoisotopic (exact) mass is 390 g/mol. The minimum absolute atomic E-state index is 0.0729. The van der Waals surface area contributed by atoms with Crippen molar-refractivity contribution in [2.45, 2.75) is 51.4 Å². The maximum atomic E-state index is 14.2. The number of carbonyl (C=O) groups excluding carboxylic acids is 1. The van der Waals surface area contributed by atoms with Gasteiger partial charge < -0.3 is 10.1 Å². The van der Waals surface area contributed by atoms with Crippen LogP contribution in [0.25, 0.3) is 0 Å². The van der Waals surface area contributed by atoms with Crippen molar-refractivity contribution in [3.05, 3.63) is 46.8 Å². The van der Waals surface area contributed by atoms with Crippen LogP contribution >= 0.6 is 0 Å². The normalized spacial score (nSPS) is 16.7. The third-order valence-corrected chi connectivity index (χ3v) is 5.23. The molecule has 8 heteroatoms. The predicted molar refractivity (Wildman–Crippen MR) is 98.7 cm³/mol. The second-order valence-corrected chi connectivity index (χ2v) is 7.44. The first kappa shape index (κ1) is 18.9. The van der Waals surface area contributed by atoms with Gasteiger partial charge in [-0.2, -0.15) is 5.10 Å². The van der Waals surface area contributed by atoms with E-state index in [0.29, 0.717) is 44.3 Å². The fraction of sp³-hybridized carbons (Fsp3) is 0.500. The van der Waals surface area contributed by atoms with E-state index >= 15 is 0 Å². The van der Waals surface area contributed by atoms with Crippen molar-refractivity contribution in [2.24, 2.45) is 0 Å². The number of hydrogen-bond donors (Lipinski definition) is 1. The van der Waals surface area contributed by atoms with E-state index in [1.54, 1.807) is 0 Å². The van der Waals surface area contributed by atoms with Crippen LogP contribution in [-0.4, -0.2) is 40.3 Å². The number of aromatic nitrogens is 2. The molecule has 0 spiro atoms. The van der Waals surface area contributed by atoms with E-state index in [1.165, 1.54) is 13.2 Å². The number of nitrogens with one attached hydrogen (secondary N) is 1. The molecule has 1 N–H and O–H groups in total. The van der Waals surface area contributed by atoms with Gasteiger partial charge in [-0.1, -0.05) is 0 Å². The molecule has 4 rings (SSSR count). The summed E-state index contributed by atoms with van der Waals surface area (Å²) in [6.45, 7) is 2.19. The van der Waals surface area contributed by atoms with Crippen LogP contribution in [0.4, 0.5) is 8.78 Å². The molecule has 1 saturated carbocycles. The fourth-order valence-corrected chi connectivity index (χ4v) is 3.54. The molecule has 2 aromatic rings. The van der Waals surface area contributed by atoms with Gasteiger partial charge in [-0.05, 0) is 31.0 Å². The number of benzene rings is 1. The van der Waals surface area contributed by atoms with E-state index in [9.17, 15) is 13.6 Å². The maximum Gasteiger partial charge on any atom is 0.220 e. The van der Waals surface area contributed by atoms with Gasteiger partial charge >= 0.3 is 0 Å². The second kappa shape index (κ2) is 7.87. The predicted octanol–water partition coefficient (Wildman–Crippen LogP) is 2.40. The van der Waals surface area contributed by atoms with Crippen molar-refractivity contribution in [3.8, 4) is 5.75 Å².